The minimum atomic E-state index is -0.0111. The zero-order valence-corrected chi connectivity index (χ0v) is 17.8. The first-order valence-electron chi connectivity index (χ1n) is 10.5. The molecule has 158 valence electrons. The van der Waals surface area contributed by atoms with Crippen molar-refractivity contribution in [2.45, 2.75) is 19.1 Å². The third-order valence-corrected chi connectivity index (χ3v) is 5.92. The van der Waals surface area contributed by atoms with E-state index in [1.807, 2.05) is 36.4 Å². The second-order valence-corrected chi connectivity index (χ2v) is 7.72. The number of fused-ring (bicyclic) bond motifs is 3. The van der Waals surface area contributed by atoms with Crippen LogP contribution >= 0.6 is 0 Å². The summed E-state index contributed by atoms with van der Waals surface area (Å²) in [6.45, 7) is 1.37. The highest BCUT2D eigenvalue weighted by molar-refractivity contribution is 5.87. The van der Waals surface area contributed by atoms with Gasteiger partial charge in [0.25, 0.3) is 0 Å². The highest BCUT2D eigenvalue weighted by atomic mass is 16.5. The van der Waals surface area contributed by atoms with Crippen LogP contribution in [0.2, 0.25) is 0 Å². The second-order valence-electron chi connectivity index (χ2n) is 7.72. The number of methoxy groups -OCH3 is 2. The van der Waals surface area contributed by atoms with Gasteiger partial charge in [-0.05, 0) is 41.8 Å². The van der Waals surface area contributed by atoms with Crippen molar-refractivity contribution in [1.29, 1.82) is 0 Å². The van der Waals surface area contributed by atoms with Gasteiger partial charge >= 0.3 is 0 Å². The Hall–Kier alpha value is -3.44. The number of aromatic amines is 1. The van der Waals surface area contributed by atoms with E-state index in [2.05, 4.69) is 40.6 Å². The lowest BCUT2D eigenvalue weighted by Gasteiger charge is -2.27. The Morgan fingerprint density at radius 1 is 0.935 bits per heavy atom. The lowest BCUT2D eigenvalue weighted by Crippen LogP contribution is -2.30. The molecular formula is C26H26N2O3. The van der Waals surface area contributed by atoms with Crippen molar-refractivity contribution in [3.63, 3.8) is 0 Å². The summed E-state index contributed by atoms with van der Waals surface area (Å²) in [5.41, 5.74) is 5.81. The SMILES string of the molecule is COc1ccc2[nH]c3c(c2c1)CCNC3c1cccc(OC)c1OCc1ccccc1. The smallest absolute Gasteiger partial charge is 0.166 e. The fourth-order valence-corrected chi connectivity index (χ4v) is 4.40. The molecule has 4 aromatic rings. The summed E-state index contributed by atoms with van der Waals surface area (Å²) < 4.78 is 17.4. The Balaban J connectivity index is 1.56. The van der Waals surface area contributed by atoms with E-state index in [1.165, 1.54) is 16.6 Å². The van der Waals surface area contributed by atoms with Gasteiger partial charge in [-0.2, -0.15) is 0 Å². The van der Waals surface area contributed by atoms with Crippen molar-refractivity contribution in [2.24, 2.45) is 0 Å². The van der Waals surface area contributed by atoms with Crippen LogP contribution in [0.4, 0.5) is 0 Å². The summed E-state index contributed by atoms with van der Waals surface area (Å²) in [6, 6.07) is 22.5. The Morgan fingerprint density at radius 2 is 1.81 bits per heavy atom. The van der Waals surface area contributed by atoms with Crippen LogP contribution in [0.5, 0.6) is 17.2 Å². The standard InChI is InChI=1S/C26H26N2O3/c1-29-18-11-12-22-21(15-18)19-13-14-27-24(25(19)28-22)20-9-6-10-23(30-2)26(20)31-16-17-7-4-3-5-8-17/h3-12,15,24,27-28H,13-14,16H2,1-2H3. The summed E-state index contributed by atoms with van der Waals surface area (Å²) >= 11 is 0. The fourth-order valence-electron chi connectivity index (χ4n) is 4.40. The molecule has 0 aliphatic carbocycles. The van der Waals surface area contributed by atoms with Gasteiger partial charge in [0.1, 0.15) is 12.4 Å². The van der Waals surface area contributed by atoms with E-state index in [9.17, 15) is 0 Å². The van der Waals surface area contributed by atoms with Gasteiger partial charge in [0.05, 0.1) is 20.3 Å². The molecule has 0 fully saturated rings. The zero-order chi connectivity index (χ0) is 21.2. The average molecular weight is 415 g/mol. The van der Waals surface area contributed by atoms with Crippen molar-refractivity contribution >= 4 is 10.9 Å². The molecule has 1 aliphatic rings. The van der Waals surface area contributed by atoms with Crippen molar-refractivity contribution in [1.82, 2.24) is 10.3 Å². The molecule has 0 amide bonds. The Kier molecular flexibility index (Phi) is 5.26. The van der Waals surface area contributed by atoms with Crippen LogP contribution in [0.3, 0.4) is 0 Å². The van der Waals surface area contributed by atoms with Crippen LogP contribution in [0.15, 0.2) is 66.7 Å². The highest BCUT2D eigenvalue weighted by Crippen LogP contribution is 2.41. The molecule has 0 saturated carbocycles. The Bertz CT molecular complexity index is 1200. The average Bonchev–Trinajstić information content (AvgIpc) is 3.21. The number of aromatic nitrogens is 1. The first-order valence-corrected chi connectivity index (χ1v) is 10.5. The van der Waals surface area contributed by atoms with Gasteiger partial charge in [-0.1, -0.05) is 42.5 Å². The topological polar surface area (TPSA) is 55.5 Å². The van der Waals surface area contributed by atoms with Crippen LogP contribution in [0, 0.1) is 0 Å². The quantitative estimate of drug-likeness (QED) is 0.466. The molecule has 2 heterocycles. The summed E-state index contributed by atoms with van der Waals surface area (Å²) in [6.07, 6.45) is 0.961. The number of para-hydroxylation sites is 1. The van der Waals surface area contributed by atoms with Crippen molar-refractivity contribution in [2.75, 3.05) is 20.8 Å². The van der Waals surface area contributed by atoms with Gasteiger partial charge in [-0.15, -0.1) is 0 Å². The van der Waals surface area contributed by atoms with Gasteiger partial charge in [-0.3, -0.25) is 0 Å². The number of hydrogen-bond donors (Lipinski definition) is 2. The molecule has 5 nitrogen and oxygen atoms in total. The molecule has 0 saturated heterocycles. The number of rotatable bonds is 6. The van der Waals surface area contributed by atoms with E-state index in [1.54, 1.807) is 14.2 Å². The molecule has 0 bridgehead atoms. The van der Waals surface area contributed by atoms with Crippen LogP contribution in [0.1, 0.15) is 28.4 Å². The van der Waals surface area contributed by atoms with Crippen molar-refractivity contribution in [3.05, 3.63) is 89.1 Å². The molecule has 5 heteroatoms. The van der Waals surface area contributed by atoms with Crippen molar-refractivity contribution < 1.29 is 14.2 Å². The van der Waals surface area contributed by atoms with E-state index in [4.69, 9.17) is 14.2 Å². The number of nitrogens with one attached hydrogen (secondary N) is 2. The molecule has 1 atom stereocenters. The zero-order valence-electron chi connectivity index (χ0n) is 17.8. The van der Waals surface area contributed by atoms with E-state index in [-0.39, 0.29) is 6.04 Å². The lowest BCUT2D eigenvalue weighted by molar-refractivity contribution is 0.278. The second kappa shape index (κ2) is 8.36. The minimum Gasteiger partial charge on any atom is -0.497 e. The third-order valence-electron chi connectivity index (χ3n) is 5.92. The van der Waals surface area contributed by atoms with Crippen molar-refractivity contribution in [3.8, 4) is 17.2 Å². The van der Waals surface area contributed by atoms with Crippen LogP contribution in [0.25, 0.3) is 10.9 Å². The van der Waals surface area contributed by atoms with Crippen LogP contribution in [-0.2, 0) is 13.0 Å². The Labute approximate surface area is 182 Å². The number of hydrogen-bond acceptors (Lipinski definition) is 4. The van der Waals surface area contributed by atoms with Gasteiger partial charge in [0.15, 0.2) is 11.5 Å². The van der Waals surface area contributed by atoms with Gasteiger partial charge in [-0.25, -0.2) is 0 Å². The fraction of sp³-hybridized carbons (Fsp3) is 0.231. The lowest BCUT2D eigenvalue weighted by atomic mass is 9.93. The molecule has 1 unspecified atom stereocenters. The molecule has 5 rings (SSSR count). The summed E-state index contributed by atoms with van der Waals surface area (Å²) in [5.74, 6) is 2.38. The van der Waals surface area contributed by atoms with E-state index in [0.29, 0.717) is 6.61 Å². The van der Waals surface area contributed by atoms with Crippen LogP contribution in [-0.4, -0.2) is 25.7 Å². The highest BCUT2D eigenvalue weighted by Gasteiger charge is 2.29. The molecule has 1 aliphatic heterocycles. The van der Waals surface area contributed by atoms with E-state index < -0.39 is 0 Å². The van der Waals surface area contributed by atoms with Gasteiger partial charge in [0.2, 0.25) is 0 Å². The maximum absolute atomic E-state index is 6.33. The van der Waals surface area contributed by atoms with E-state index >= 15 is 0 Å². The first-order chi connectivity index (χ1) is 15.3. The maximum Gasteiger partial charge on any atom is 0.166 e. The molecule has 0 radical (unpaired) electrons. The molecule has 3 aromatic carbocycles. The minimum absolute atomic E-state index is 0.0111. The summed E-state index contributed by atoms with van der Waals surface area (Å²) in [5, 5.41) is 4.89. The predicted octanol–water partition coefficient (Wildman–Crippen LogP) is 5.00. The van der Waals surface area contributed by atoms with E-state index in [0.717, 1.165) is 46.9 Å². The predicted molar refractivity (Wildman–Crippen MR) is 122 cm³/mol. The number of ether oxygens (including phenoxy) is 3. The largest absolute Gasteiger partial charge is 0.497 e. The molecule has 31 heavy (non-hydrogen) atoms. The van der Waals surface area contributed by atoms with Crippen LogP contribution < -0.4 is 19.5 Å². The molecular weight excluding hydrogens is 388 g/mol. The Morgan fingerprint density at radius 3 is 2.61 bits per heavy atom. The van der Waals surface area contributed by atoms with Gasteiger partial charge < -0.3 is 24.5 Å². The van der Waals surface area contributed by atoms with Gasteiger partial charge in [0, 0.05) is 28.7 Å². The molecule has 1 aromatic heterocycles. The monoisotopic (exact) mass is 414 g/mol. The molecule has 2 N–H and O–H groups in total. The maximum atomic E-state index is 6.33. The number of H-pyrrole nitrogens is 1. The summed E-state index contributed by atoms with van der Waals surface area (Å²) in [4.78, 5) is 3.64. The number of benzene rings is 3. The molecule has 0 spiro atoms. The summed E-state index contributed by atoms with van der Waals surface area (Å²) in [7, 11) is 3.39. The first kappa shape index (κ1) is 19.5. The third kappa shape index (κ3) is 3.62. The normalized spacial score (nSPS) is 15.5.